The molecule has 0 bridgehead atoms. The van der Waals surface area contributed by atoms with Crippen molar-refractivity contribution in [1.82, 2.24) is 4.98 Å². The average Bonchev–Trinajstić information content (AvgIpc) is 3.08. The maximum atomic E-state index is 6.46. The molecule has 0 unspecified atom stereocenters. The normalized spacial score (nSPS) is 13.3. The average molecular weight is 518 g/mol. The molecule has 27 heavy (non-hydrogen) atoms. The van der Waals surface area contributed by atoms with Crippen LogP contribution in [0.5, 0.6) is 0 Å². The van der Waals surface area contributed by atoms with E-state index in [0.29, 0.717) is 0 Å². The fourth-order valence-electron chi connectivity index (χ4n) is 3.38. The van der Waals surface area contributed by atoms with Gasteiger partial charge in [-0.1, -0.05) is 0 Å². The summed E-state index contributed by atoms with van der Waals surface area (Å²) in [5.41, 5.74) is 0. The molecule has 0 N–H and O–H groups in total. The molecule has 0 radical (unpaired) electrons. The summed E-state index contributed by atoms with van der Waals surface area (Å²) in [6.07, 6.45) is 8.16. The topological polar surface area (TPSA) is 22.1 Å². The quantitative estimate of drug-likeness (QED) is 0.250. The van der Waals surface area contributed by atoms with E-state index in [-0.39, 0.29) is 5.04 Å². The summed E-state index contributed by atoms with van der Waals surface area (Å²) in [6, 6.07) is 0. The van der Waals surface area contributed by atoms with E-state index in [0.717, 1.165) is 6.61 Å². The third kappa shape index (κ3) is 7.74. The molecule has 0 saturated heterocycles. The molecular formula is C22H45NOSSiSn. The molecule has 0 spiro atoms. The molecule has 0 saturated carbocycles. The molecule has 5 heteroatoms. The van der Waals surface area contributed by atoms with Gasteiger partial charge in [0.05, 0.1) is 0 Å². The first kappa shape index (κ1) is 25.6. The van der Waals surface area contributed by atoms with Crippen molar-refractivity contribution in [2.24, 2.45) is 0 Å². The van der Waals surface area contributed by atoms with E-state index in [1.54, 1.807) is 3.71 Å². The molecule has 1 rings (SSSR count). The van der Waals surface area contributed by atoms with Crippen LogP contribution in [-0.4, -0.2) is 31.7 Å². The molecule has 0 aliphatic rings. The van der Waals surface area contributed by atoms with Gasteiger partial charge in [0.2, 0.25) is 0 Å². The Morgan fingerprint density at radius 1 is 0.963 bits per heavy atom. The second-order valence-electron chi connectivity index (χ2n) is 9.77. The van der Waals surface area contributed by atoms with Crippen LogP contribution in [0.25, 0.3) is 0 Å². The number of thiazole rings is 1. The fourth-order valence-corrected chi connectivity index (χ4v) is 22.3. The third-order valence-electron chi connectivity index (χ3n) is 6.48. The summed E-state index contributed by atoms with van der Waals surface area (Å²) in [5.74, 6) is 0. The number of unbranched alkanes of at least 4 members (excludes halogenated alkanes) is 3. The van der Waals surface area contributed by atoms with Crippen LogP contribution < -0.4 is 3.71 Å². The molecule has 0 fully saturated rings. The van der Waals surface area contributed by atoms with Gasteiger partial charge < -0.3 is 0 Å². The van der Waals surface area contributed by atoms with Crippen molar-refractivity contribution in [3.05, 3.63) is 10.4 Å². The first-order chi connectivity index (χ1) is 12.6. The first-order valence-electron chi connectivity index (χ1n) is 11.2. The van der Waals surface area contributed by atoms with E-state index in [1.165, 1.54) is 56.8 Å². The van der Waals surface area contributed by atoms with Crippen molar-refractivity contribution >= 4 is 41.7 Å². The van der Waals surface area contributed by atoms with E-state index in [4.69, 9.17) is 9.41 Å². The summed E-state index contributed by atoms with van der Waals surface area (Å²) in [7, 11) is -1.70. The van der Waals surface area contributed by atoms with Crippen molar-refractivity contribution in [1.29, 1.82) is 0 Å². The van der Waals surface area contributed by atoms with Crippen molar-refractivity contribution < 1.29 is 4.43 Å². The number of hydrogen-bond donors (Lipinski definition) is 0. The molecule has 0 aliphatic carbocycles. The van der Waals surface area contributed by atoms with Gasteiger partial charge in [0, 0.05) is 0 Å². The number of rotatable bonds is 13. The Balaban J connectivity index is 2.99. The zero-order valence-electron chi connectivity index (χ0n) is 19.4. The van der Waals surface area contributed by atoms with Crippen LogP contribution in [0.2, 0.25) is 31.4 Å². The Hall–Kier alpha value is 0.606. The predicted octanol–water partition coefficient (Wildman–Crippen LogP) is 7.72. The molecule has 1 heterocycles. The second kappa shape index (κ2) is 11.7. The van der Waals surface area contributed by atoms with Crippen LogP contribution in [0.1, 0.15) is 85.1 Å². The van der Waals surface area contributed by atoms with Gasteiger partial charge >= 0.3 is 180 Å². The van der Waals surface area contributed by atoms with Gasteiger partial charge in [-0.25, -0.2) is 0 Å². The Morgan fingerprint density at radius 2 is 1.44 bits per heavy atom. The fraction of sp³-hybridized carbons (Fsp3) is 0.864. The SMILES string of the molecule is CCC[CH2][Sn]([CH2]CCC)([CH2]CCC)[c]1csc(CO[Si](C)(C)C(C)(C)C)n1. The Kier molecular flexibility index (Phi) is 11.1. The van der Waals surface area contributed by atoms with Gasteiger partial charge in [-0.15, -0.1) is 0 Å². The van der Waals surface area contributed by atoms with Crippen LogP contribution >= 0.6 is 11.3 Å². The van der Waals surface area contributed by atoms with Crippen LogP contribution in [-0.2, 0) is 11.0 Å². The molecule has 0 atom stereocenters. The molecule has 0 aromatic carbocycles. The number of hydrogen-bond acceptors (Lipinski definition) is 3. The van der Waals surface area contributed by atoms with E-state index in [2.05, 4.69) is 60.0 Å². The van der Waals surface area contributed by atoms with Crippen LogP contribution in [0.3, 0.4) is 0 Å². The monoisotopic (exact) mass is 519 g/mol. The summed E-state index contributed by atoms with van der Waals surface area (Å²) in [6.45, 7) is 19.4. The molecule has 2 nitrogen and oxygen atoms in total. The van der Waals surface area contributed by atoms with Gasteiger partial charge in [0.15, 0.2) is 0 Å². The van der Waals surface area contributed by atoms with Crippen LogP contribution in [0.15, 0.2) is 5.38 Å². The summed E-state index contributed by atoms with van der Waals surface area (Å²) in [5, 5.41) is 3.93. The minimum absolute atomic E-state index is 0.263. The predicted molar refractivity (Wildman–Crippen MR) is 129 cm³/mol. The van der Waals surface area contributed by atoms with Crippen LogP contribution in [0.4, 0.5) is 0 Å². The molecule has 0 aliphatic heterocycles. The molecule has 1 aromatic rings. The van der Waals surface area contributed by atoms with Crippen molar-refractivity contribution in [2.45, 2.75) is 118 Å². The summed E-state index contributed by atoms with van der Waals surface area (Å²) < 4.78 is 12.5. The third-order valence-corrected chi connectivity index (χ3v) is 27.4. The van der Waals surface area contributed by atoms with E-state index in [9.17, 15) is 0 Å². The zero-order valence-corrected chi connectivity index (χ0v) is 24.1. The summed E-state index contributed by atoms with van der Waals surface area (Å²) in [4.78, 5) is 5.24. The van der Waals surface area contributed by atoms with Gasteiger partial charge in [-0.05, 0) is 0 Å². The minimum atomic E-state index is -2.37. The molecule has 1 aromatic heterocycles. The first-order valence-corrected chi connectivity index (χ1v) is 22.5. The van der Waals surface area contributed by atoms with E-state index in [1.807, 2.05) is 11.3 Å². The summed E-state index contributed by atoms with van der Waals surface area (Å²) >= 11 is -0.502. The van der Waals surface area contributed by atoms with E-state index >= 15 is 0 Å². The molecular weight excluding hydrogens is 473 g/mol. The van der Waals surface area contributed by atoms with Gasteiger partial charge in [0.1, 0.15) is 0 Å². The standard InChI is InChI=1S/C10H18NOSSi.3C4H9.Sn/c1-10(2,3)14(4,5)12-8-9-11-6-7-13-9;3*1-3-4-2;/h7H,8H2,1-5H3;3*1,3-4H2,2H3;. The van der Waals surface area contributed by atoms with Gasteiger partial charge in [0.25, 0.3) is 0 Å². The number of nitrogens with zero attached hydrogens (tertiary/aromatic N) is 1. The zero-order chi connectivity index (χ0) is 20.6. The van der Waals surface area contributed by atoms with E-state index < -0.39 is 26.7 Å². The Labute approximate surface area is 178 Å². The molecule has 158 valence electrons. The Morgan fingerprint density at radius 3 is 1.85 bits per heavy atom. The Bertz CT molecular complexity index is 517. The van der Waals surface area contributed by atoms with Gasteiger partial charge in [-0.3, -0.25) is 0 Å². The van der Waals surface area contributed by atoms with Crippen molar-refractivity contribution in [3.8, 4) is 0 Å². The van der Waals surface area contributed by atoms with Gasteiger partial charge in [-0.2, -0.15) is 0 Å². The van der Waals surface area contributed by atoms with Crippen LogP contribution in [0, 0.1) is 0 Å². The molecule has 0 amide bonds. The maximum absolute atomic E-state index is 6.46. The van der Waals surface area contributed by atoms with Crippen molar-refractivity contribution in [3.63, 3.8) is 0 Å². The van der Waals surface area contributed by atoms with Crippen molar-refractivity contribution in [2.75, 3.05) is 0 Å². The second-order valence-corrected chi connectivity index (χ2v) is 28.6. The number of aromatic nitrogens is 1.